The molecule has 1 saturated heterocycles. The summed E-state index contributed by atoms with van der Waals surface area (Å²) in [6.45, 7) is 1.60. The fraction of sp³-hybridized carbons (Fsp3) is 0.381. The first kappa shape index (κ1) is 18.4. The lowest BCUT2D eigenvalue weighted by Crippen LogP contribution is -2.54. The lowest BCUT2D eigenvalue weighted by molar-refractivity contribution is -0.142. The second-order valence-corrected chi connectivity index (χ2v) is 6.71. The van der Waals surface area contributed by atoms with Gasteiger partial charge in [0.1, 0.15) is 23.8 Å². The van der Waals surface area contributed by atoms with Crippen molar-refractivity contribution in [3.05, 3.63) is 66.0 Å². The average Bonchev–Trinajstić information content (AvgIpc) is 2.69. The van der Waals surface area contributed by atoms with E-state index in [9.17, 15) is 9.18 Å². The first-order valence-electron chi connectivity index (χ1n) is 8.85. The Balaban J connectivity index is 1.62. The molecule has 2 aromatic carbocycles. The zero-order chi connectivity index (χ0) is 18.4. The van der Waals surface area contributed by atoms with Gasteiger partial charge in [-0.2, -0.15) is 0 Å². The minimum absolute atomic E-state index is 0.0254. The van der Waals surface area contributed by atoms with Crippen molar-refractivity contribution in [3.63, 3.8) is 0 Å². The molecule has 4 nitrogen and oxygen atoms in total. The van der Waals surface area contributed by atoms with E-state index in [0.717, 1.165) is 24.2 Å². The highest BCUT2D eigenvalue weighted by molar-refractivity contribution is 5.79. The van der Waals surface area contributed by atoms with Crippen LogP contribution >= 0.6 is 0 Å². The Morgan fingerprint density at radius 1 is 1.15 bits per heavy atom. The van der Waals surface area contributed by atoms with Crippen molar-refractivity contribution in [2.45, 2.75) is 24.9 Å². The summed E-state index contributed by atoms with van der Waals surface area (Å²) < 4.78 is 24.7. The molecule has 0 spiro atoms. The number of carbonyl (C=O) groups is 1. The van der Waals surface area contributed by atoms with Crippen LogP contribution in [0.4, 0.5) is 4.39 Å². The molecular formula is C21H24FNO3. The van der Waals surface area contributed by atoms with Crippen LogP contribution in [0.25, 0.3) is 0 Å². The summed E-state index contributed by atoms with van der Waals surface area (Å²) in [6, 6.07) is 15.7. The first-order valence-corrected chi connectivity index (χ1v) is 8.85. The van der Waals surface area contributed by atoms with Crippen LogP contribution in [0.2, 0.25) is 0 Å². The number of likely N-dealkylation sites (tertiary alicyclic amines) is 1. The van der Waals surface area contributed by atoms with E-state index < -0.39 is 5.60 Å². The Morgan fingerprint density at radius 3 is 2.58 bits per heavy atom. The molecule has 0 bridgehead atoms. The molecule has 0 aliphatic carbocycles. The molecule has 3 rings (SSSR count). The van der Waals surface area contributed by atoms with Crippen molar-refractivity contribution in [3.8, 4) is 5.75 Å². The van der Waals surface area contributed by atoms with Crippen molar-refractivity contribution >= 4 is 5.91 Å². The number of nitrogens with zero attached hydrogens (tertiary/aromatic N) is 1. The van der Waals surface area contributed by atoms with Crippen molar-refractivity contribution in [1.82, 2.24) is 4.90 Å². The van der Waals surface area contributed by atoms with Crippen LogP contribution in [0.1, 0.15) is 18.4 Å². The standard InChI is InChI=1S/C21H24FNO3/c1-25-21(16-26-19-6-3-2-4-7-19)12-5-13-23(15-21)20(24)14-17-8-10-18(22)11-9-17/h2-4,6-11H,5,12-16H2,1H3. The van der Waals surface area contributed by atoms with E-state index in [1.165, 1.54) is 12.1 Å². The molecule has 0 N–H and O–H groups in total. The normalized spacial score (nSPS) is 20.0. The van der Waals surface area contributed by atoms with Gasteiger partial charge in [-0.3, -0.25) is 4.79 Å². The Bertz CT molecular complexity index is 720. The lowest BCUT2D eigenvalue weighted by Gasteiger charge is -2.41. The van der Waals surface area contributed by atoms with Gasteiger partial charge in [-0.15, -0.1) is 0 Å². The van der Waals surface area contributed by atoms with E-state index in [-0.39, 0.29) is 18.1 Å². The van der Waals surface area contributed by atoms with Crippen LogP contribution in [-0.2, 0) is 16.0 Å². The highest BCUT2D eigenvalue weighted by atomic mass is 19.1. The smallest absolute Gasteiger partial charge is 0.227 e. The minimum Gasteiger partial charge on any atom is -0.491 e. The lowest BCUT2D eigenvalue weighted by atomic mass is 9.92. The van der Waals surface area contributed by atoms with Crippen molar-refractivity contribution in [1.29, 1.82) is 0 Å². The second kappa shape index (κ2) is 8.32. The molecule has 1 aliphatic heterocycles. The highest BCUT2D eigenvalue weighted by Gasteiger charge is 2.38. The largest absolute Gasteiger partial charge is 0.491 e. The molecule has 26 heavy (non-hydrogen) atoms. The Labute approximate surface area is 153 Å². The van der Waals surface area contributed by atoms with Gasteiger partial charge >= 0.3 is 0 Å². The van der Waals surface area contributed by atoms with Gasteiger partial charge in [-0.05, 0) is 42.7 Å². The Morgan fingerprint density at radius 2 is 1.88 bits per heavy atom. The number of rotatable bonds is 6. The maximum Gasteiger partial charge on any atom is 0.227 e. The van der Waals surface area contributed by atoms with E-state index >= 15 is 0 Å². The van der Waals surface area contributed by atoms with Crippen LogP contribution < -0.4 is 4.74 Å². The Kier molecular flexibility index (Phi) is 5.89. The fourth-order valence-electron chi connectivity index (χ4n) is 3.27. The SMILES string of the molecule is COC1(COc2ccccc2)CCCN(C(=O)Cc2ccc(F)cc2)C1. The van der Waals surface area contributed by atoms with Crippen molar-refractivity contribution < 1.29 is 18.7 Å². The third-order valence-electron chi connectivity index (χ3n) is 4.84. The van der Waals surface area contributed by atoms with Crippen LogP contribution in [0.3, 0.4) is 0 Å². The third kappa shape index (κ3) is 4.61. The number of para-hydroxylation sites is 1. The van der Waals surface area contributed by atoms with Crippen molar-refractivity contribution in [2.24, 2.45) is 0 Å². The van der Waals surface area contributed by atoms with Crippen molar-refractivity contribution in [2.75, 3.05) is 26.8 Å². The van der Waals surface area contributed by atoms with Gasteiger partial charge in [0.2, 0.25) is 5.91 Å². The number of halogens is 1. The number of piperidine rings is 1. The quantitative estimate of drug-likeness (QED) is 0.795. The number of hydrogen-bond acceptors (Lipinski definition) is 3. The molecule has 0 aromatic heterocycles. The van der Waals surface area contributed by atoms with E-state index in [0.29, 0.717) is 19.7 Å². The molecule has 1 fully saturated rings. The zero-order valence-electron chi connectivity index (χ0n) is 15.0. The van der Waals surface area contributed by atoms with E-state index in [1.54, 1.807) is 19.2 Å². The summed E-state index contributed by atoms with van der Waals surface area (Å²) in [7, 11) is 1.67. The summed E-state index contributed by atoms with van der Waals surface area (Å²) in [6.07, 6.45) is 1.97. The molecule has 1 unspecified atom stereocenters. The number of carbonyl (C=O) groups excluding carboxylic acids is 1. The maximum absolute atomic E-state index is 13.0. The van der Waals surface area contributed by atoms with E-state index in [1.807, 2.05) is 35.2 Å². The second-order valence-electron chi connectivity index (χ2n) is 6.71. The third-order valence-corrected chi connectivity index (χ3v) is 4.84. The molecule has 0 saturated carbocycles. The zero-order valence-corrected chi connectivity index (χ0v) is 15.0. The number of methoxy groups -OCH3 is 1. The van der Waals surface area contributed by atoms with Gasteiger partial charge < -0.3 is 14.4 Å². The summed E-state index contributed by atoms with van der Waals surface area (Å²) >= 11 is 0. The predicted molar refractivity (Wildman–Crippen MR) is 97.6 cm³/mol. The summed E-state index contributed by atoms with van der Waals surface area (Å²) in [4.78, 5) is 14.5. The molecule has 0 radical (unpaired) electrons. The maximum atomic E-state index is 13.0. The highest BCUT2D eigenvalue weighted by Crippen LogP contribution is 2.26. The van der Waals surface area contributed by atoms with Gasteiger partial charge in [0.05, 0.1) is 13.0 Å². The predicted octanol–water partition coefficient (Wildman–Crippen LogP) is 3.45. The number of benzene rings is 2. The van der Waals surface area contributed by atoms with Gasteiger partial charge in [0.25, 0.3) is 0 Å². The van der Waals surface area contributed by atoms with Crippen LogP contribution in [0.5, 0.6) is 5.75 Å². The molecular weight excluding hydrogens is 333 g/mol. The molecule has 2 aromatic rings. The number of ether oxygens (including phenoxy) is 2. The minimum atomic E-state index is -0.507. The van der Waals surface area contributed by atoms with Gasteiger partial charge in [0.15, 0.2) is 0 Å². The summed E-state index contributed by atoms with van der Waals surface area (Å²) in [5.41, 5.74) is 0.303. The van der Waals surface area contributed by atoms with Crippen LogP contribution in [0, 0.1) is 5.82 Å². The molecule has 1 aliphatic rings. The number of amides is 1. The van der Waals surface area contributed by atoms with E-state index in [2.05, 4.69) is 0 Å². The van der Waals surface area contributed by atoms with Gasteiger partial charge in [-0.1, -0.05) is 30.3 Å². The van der Waals surface area contributed by atoms with Crippen LogP contribution in [0.15, 0.2) is 54.6 Å². The fourth-order valence-corrected chi connectivity index (χ4v) is 3.27. The molecule has 1 atom stereocenters. The number of hydrogen-bond donors (Lipinski definition) is 0. The molecule has 1 heterocycles. The van der Waals surface area contributed by atoms with Gasteiger partial charge in [0, 0.05) is 13.7 Å². The first-order chi connectivity index (χ1) is 12.6. The summed E-state index contributed by atoms with van der Waals surface area (Å²) in [5.74, 6) is 0.520. The molecule has 138 valence electrons. The average molecular weight is 357 g/mol. The molecule has 5 heteroatoms. The monoisotopic (exact) mass is 357 g/mol. The van der Waals surface area contributed by atoms with Crippen LogP contribution in [-0.4, -0.2) is 43.2 Å². The molecule has 1 amide bonds. The van der Waals surface area contributed by atoms with Gasteiger partial charge in [-0.25, -0.2) is 4.39 Å². The van der Waals surface area contributed by atoms with E-state index in [4.69, 9.17) is 9.47 Å². The summed E-state index contributed by atoms with van der Waals surface area (Å²) in [5, 5.41) is 0. The Hall–Kier alpha value is -2.40. The topological polar surface area (TPSA) is 38.8 Å².